The molecule has 0 amide bonds. The van der Waals surface area contributed by atoms with E-state index in [0.29, 0.717) is 66.0 Å². The summed E-state index contributed by atoms with van der Waals surface area (Å²) in [6.45, 7) is 3.86. The first-order valence-electron chi connectivity index (χ1n) is 12.4. The topological polar surface area (TPSA) is 120 Å². The molecule has 198 valence electrons. The summed E-state index contributed by atoms with van der Waals surface area (Å²) < 4.78 is 43.1. The number of H-pyrrole nitrogens is 1. The molecule has 2 saturated heterocycles. The molecule has 2 fully saturated rings. The Hall–Kier alpha value is -2.70. The number of aliphatic hydroxyl groups excluding tert-OH is 1. The molecule has 2 aromatic heterocycles. The van der Waals surface area contributed by atoms with Crippen molar-refractivity contribution >= 4 is 28.6 Å². The number of fused-ring (bicyclic) bond motifs is 3. The Labute approximate surface area is 217 Å². The van der Waals surface area contributed by atoms with Crippen molar-refractivity contribution in [2.75, 3.05) is 38.4 Å². The van der Waals surface area contributed by atoms with Crippen molar-refractivity contribution < 1.29 is 33.2 Å². The van der Waals surface area contributed by atoms with E-state index in [1.54, 1.807) is 6.07 Å². The van der Waals surface area contributed by atoms with Crippen molar-refractivity contribution in [1.82, 2.24) is 15.0 Å². The van der Waals surface area contributed by atoms with E-state index in [0.717, 1.165) is 5.56 Å². The van der Waals surface area contributed by atoms with Gasteiger partial charge in [0.05, 0.1) is 36.4 Å². The molecule has 0 spiro atoms. The van der Waals surface area contributed by atoms with Crippen molar-refractivity contribution in [1.29, 1.82) is 0 Å². The summed E-state index contributed by atoms with van der Waals surface area (Å²) in [5, 5.41) is 13.6. The lowest BCUT2D eigenvalue weighted by Crippen LogP contribution is -2.34. The van der Waals surface area contributed by atoms with E-state index in [2.05, 4.69) is 20.3 Å². The summed E-state index contributed by atoms with van der Waals surface area (Å²) in [5.74, 6) is 0.575. The molecule has 0 radical (unpaired) electrons. The highest BCUT2D eigenvalue weighted by Crippen LogP contribution is 2.39. The molecule has 5 atom stereocenters. The number of aromatic nitrogens is 3. The fourth-order valence-electron chi connectivity index (χ4n) is 5.19. The van der Waals surface area contributed by atoms with Gasteiger partial charge in [0.1, 0.15) is 42.3 Å². The second-order valence-corrected chi connectivity index (χ2v) is 9.72. The Balaban J connectivity index is 1.16. The van der Waals surface area contributed by atoms with Crippen LogP contribution >= 0.6 is 11.6 Å². The predicted octanol–water partition coefficient (Wildman–Crippen LogP) is 3.17. The third kappa shape index (κ3) is 4.82. The van der Waals surface area contributed by atoms with Crippen molar-refractivity contribution in [3.63, 3.8) is 0 Å². The van der Waals surface area contributed by atoms with Crippen molar-refractivity contribution in [3.8, 4) is 11.8 Å². The number of imidazole rings is 1. The first-order valence-corrected chi connectivity index (χ1v) is 12.8. The monoisotopic (exact) mass is 534 g/mol. The van der Waals surface area contributed by atoms with E-state index in [9.17, 15) is 5.11 Å². The zero-order valence-corrected chi connectivity index (χ0v) is 21.0. The minimum absolute atomic E-state index is 0.217. The van der Waals surface area contributed by atoms with Crippen LogP contribution < -0.4 is 14.8 Å². The smallest absolute Gasteiger partial charge is 0.296 e. The third-order valence-electron chi connectivity index (χ3n) is 6.90. The quantitative estimate of drug-likeness (QED) is 0.355. The van der Waals surface area contributed by atoms with Crippen LogP contribution in [0.5, 0.6) is 11.8 Å². The van der Waals surface area contributed by atoms with Gasteiger partial charge in [-0.05, 0) is 37.5 Å². The highest BCUT2D eigenvalue weighted by molar-refractivity contribution is 6.33. The van der Waals surface area contributed by atoms with Gasteiger partial charge in [-0.15, -0.1) is 0 Å². The fourth-order valence-corrected chi connectivity index (χ4v) is 5.39. The maximum absolute atomic E-state index is 15.1. The van der Waals surface area contributed by atoms with Crippen LogP contribution in [0, 0.1) is 5.82 Å². The van der Waals surface area contributed by atoms with Crippen molar-refractivity contribution in [2.24, 2.45) is 0 Å². The molecule has 3 aromatic rings. The molecule has 0 saturated carbocycles. The number of rotatable bonds is 9. The molecule has 6 rings (SSSR count). The van der Waals surface area contributed by atoms with Crippen molar-refractivity contribution in [3.05, 3.63) is 40.2 Å². The zero-order chi connectivity index (χ0) is 25.5. The normalized spacial score (nSPS) is 26.4. The largest absolute Gasteiger partial charge is 0.491 e. The Morgan fingerprint density at radius 2 is 2.05 bits per heavy atom. The van der Waals surface area contributed by atoms with E-state index >= 15 is 4.39 Å². The number of ether oxygens (including phenoxy) is 5. The summed E-state index contributed by atoms with van der Waals surface area (Å²) in [5.41, 5.74) is 2.49. The maximum atomic E-state index is 15.1. The first-order chi connectivity index (χ1) is 18.0. The van der Waals surface area contributed by atoms with E-state index in [-0.39, 0.29) is 37.2 Å². The van der Waals surface area contributed by atoms with Crippen LogP contribution in [-0.2, 0) is 20.6 Å². The molecule has 37 heavy (non-hydrogen) atoms. The number of nitrogens with one attached hydrogen (secondary N) is 2. The number of halogens is 2. The maximum Gasteiger partial charge on any atom is 0.296 e. The lowest BCUT2D eigenvalue weighted by Gasteiger charge is -2.17. The van der Waals surface area contributed by atoms with Crippen LogP contribution in [0.4, 0.5) is 10.2 Å². The summed E-state index contributed by atoms with van der Waals surface area (Å²) in [7, 11) is 0. The van der Waals surface area contributed by atoms with Gasteiger partial charge in [-0.25, -0.2) is 9.37 Å². The molecule has 12 heteroatoms. The van der Waals surface area contributed by atoms with Gasteiger partial charge in [-0.1, -0.05) is 11.6 Å². The third-order valence-corrected chi connectivity index (χ3v) is 7.19. The molecular weight excluding hydrogens is 507 g/mol. The molecule has 3 aliphatic rings. The van der Waals surface area contributed by atoms with Gasteiger partial charge in [0.2, 0.25) is 0 Å². The highest BCUT2D eigenvalue weighted by Gasteiger charge is 2.48. The van der Waals surface area contributed by atoms with Gasteiger partial charge in [-0.2, -0.15) is 4.98 Å². The molecule has 10 nitrogen and oxygen atoms in total. The van der Waals surface area contributed by atoms with Crippen LogP contribution in [0.25, 0.3) is 11.2 Å². The van der Waals surface area contributed by atoms with Gasteiger partial charge in [0.25, 0.3) is 6.01 Å². The van der Waals surface area contributed by atoms with Crippen LogP contribution in [0.15, 0.2) is 18.2 Å². The van der Waals surface area contributed by atoms with E-state index in [4.69, 9.17) is 35.3 Å². The average molecular weight is 535 g/mol. The Bertz CT molecular complexity index is 1290. The molecule has 2 aliphatic heterocycles. The Morgan fingerprint density at radius 3 is 2.92 bits per heavy atom. The number of nitrogens with zero attached hydrogens (tertiary/aromatic N) is 2. The Morgan fingerprint density at radius 1 is 1.19 bits per heavy atom. The second-order valence-electron chi connectivity index (χ2n) is 9.31. The van der Waals surface area contributed by atoms with Gasteiger partial charge in [-0.3, -0.25) is 0 Å². The number of anilines is 1. The van der Waals surface area contributed by atoms with E-state index < -0.39 is 18.3 Å². The van der Waals surface area contributed by atoms with E-state index in [1.807, 2.05) is 13.0 Å². The van der Waals surface area contributed by atoms with Crippen LogP contribution in [0.2, 0.25) is 5.02 Å². The predicted molar refractivity (Wildman–Crippen MR) is 132 cm³/mol. The van der Waals surface area contributed by atoms with Crippen LogP contribution in [0.1, 0.15) is 30.5 Å². The van der Waals surface area contributed by atoms with Gasteiger partial charge in [0.15, 0.2) is 11.8 Å². The number of aryl methyl sites for hydroxylation is 1. The summed E-state index contributed by atoms with van der Waals surface area (Å²) in [6, 6.07) is 4.96. The van der Waals surface area contributed by atoms with Gasteiger partial charge < -0.3 is 39.1 Å². The number of hydrogen-bond donors (Lipinski definition) is 3. The van der Waals surface area contributed by atoms with Crippen LogP contribution in [-0.4, -0.2) is 77.5 Å². The molecule has 0 bridgehead atoms. The standard InChI is InChI=1S/C25H28ClFN4O6/c1-2-33-5-6-34-13-7-12-3-4-16(20(12)15(27)8-13)28-23-14(26)9-17-24(30-23)31-25(29-17)37-19-11-36-21-18(32)10-35-22(19)21/h7-9,16,18-19,21-22,32H,2-6,10-11H2,1H3,(H2,28,29,30,31)/t16-,18+,19+,21+,22+/m0/s1. The van der Waals surface area contributed by atoms with Gasteiger partial charge >= 0.3 is 0 Å². The van der Waals surface area contributed by atoms with Gasteiger partial charge in [0, 0.05) is 18.2 Å². The summed E-state index contributed by atoms with van der Waals surface area (Å²) in [4.78, 5) is 12.1. The number of hydrogen-bond acceptors (Lipinski definition) is 9. The molecule has 1 aromatic carbocycles. The van der Waals surface area contributed by atoms with E-state index in [1.165, 1.54) is 6.07 Å². The number of pyridine rings is 1. The minimum Gasteiger partial charge on any atom is -0.491 e. The molecule has 0 unspecified atom stereocenters. The second kappa shape index (κ2) is 10.2. The van der Waals surface area contributed by atoms with Crippen LogP contribution in [0.3, 0.4) is 0 Å². The Kier molecular flexibility index (Phi) is 6.80. The molecular formula is C25H28ClFN4O6. The number of benzene rings is 1. The lowest BCUT2D eigenvalue weighted by atomic mass is 10.1. The molecule has 3 N–H and O–H groups in total. The SMILES string of the molecule is CCOCCOc1cc(F)c2c(c1)CC[C@@H]2Nc1nc2nc(O[C@@H]3CO[C@H]4[C@@H]3OC[C@H]4O)[nH]c2cc1Cl. The molecule has 1 aliphatic carbocycles. The summed E-state index contributed by atoms with van der Waals surface area (Å²) in [6.07, 6.45) is -0.421. The highest BCUT2D eigenvalue weighted by atomic mass is 35.5. The fraction of sp³-hybridized carbons (Fsp3) is 0.520. The molecule has 4 heterocycles. The lowest BCUT2D eigenvalue weighted by molar-refractivity contribution is 0.00706. The number of aromatic amines is 1. The van der Waals surface area contributed by atoms with Crippen molar-refractivity contribution in [2.45, 2.75) is 50.2 Å². The first kappa shape index (κ1) is 24.6. The average Bonchev–Trinajstić information content (AvgIpc) is 3.64. The number of aliphatic hydroxyl groups is 1. The minimum atomic E-state index is -0.659. The summed E-state index contributed by atoms with van der Waals surface area (Å²) >= 11 is 6.52. The zero-order valence-electron chi connectivity index (χ0n) is 20.2.